The van der Waals surface area contributed by atoms with Crippen LogP contribution >= 0.6 is 0 Å². The number of benzene rings is 1. The Labute approximate surface area is 126 Å². The summed E-state index contributed by atoms with van der Waals surface area (Å²) in [7, 11) is 0. The molecule has 116 valence electrons. The molecule has 1 N–H and O–H groups in total. The molecule has 0 saturated carbocycles. The highest BCUT2D eigenvalue weighted by Crippen LogP contribution is 2.12. The van der Waals surface area contributed by atoms with Crippen LogP contribution in [0.25, 0.3) is 0 Å². The Kier molecular flexibility index (Phi) is 5.74. The van der Waals surface area contributed by atoms with Crippen molar-refractivity contribution in [1.29, 1.82) is 0 Å². The topological polar surface area (TPSA) is 24.8 Å². The smallest absolute Gasteiger partial charge is 0.231 e. The van der Waals surface area contributed by atoms with Gasteiger partial charge >= 0.3 is 0 Å². The summed E-state index contributed by atoms with van der Waals surface area (Å²) in [5.41, 5.74) is 0.753. The fraction of sp³-hybridized carbons (Fsp3) is 0.588. The molecule has 1 aliphatic heterocycles. The van der Waals surface area contributed by atoms with Crippen molar-refractivity contribution >= 4 is 5.91 Å². The van der Waals surface area contributed by atoms with Gasteiger partial charge in [0.05, 0.1) is 19.0 Å². The summed E-state index contributed by atoms with van der Waals surface area (Å²) in [4.78, 5) is 15.7. The van der Waals surface area contributed by atoms with Crippen LogP contribution in [0.3, 0.4) is 0 Å². The largest absolute Gasteiger partial charge is 0.343 e. The Morgan fingerprint density at radius 3 is 2.71 bits per heavy atom. The van der Waals surface area contributed by atoms with Crippen molar-refractivity contribution in [2.45, 2.75) is 33.2 Å². The van der Waals surface area contributed by atoms with E-state index in [0.717, 1.165) is 44.6 Å². The SMILES string of the molecule is CCN(CC)C(=O)[C@@H]1CCC[NH+](Cc2ccccc2F)C1. The lowest BCUT2D eigenvalue weighted by Gasteiger charge is -2.32. The molecule has 0 aromatic heterocycles. The van der Waals surface area contributed by atoms with Gasteiger partial charge in [0.25, 0.3) is 0 Å². The van der Waals surface area contributed by atoms with Crippen LogP contribution in [-0.2, 0) is 11.3 Å². The molecule has 1 aromatic carbocycles. The number of carbonyl (C=O) groups is 1. The Hall–Kier alpha value is -1.42. The lowest BCUT2D eigenvalue weighted by atomic mass is 9.96. The average molecular weight is 293 g/mol. The van der Waals surface area contributed by atoms with E-state index in [-0.39, 0.29) is 17.6 Å². The van der Waals surface area contributed by atoms with Crippen LogP contribution < -0.4 is 4.90 Å². The molecule has 1 saturated heterocycles. The van der Waals surface area contributed by atoms with Gasteiger partial charge in [-0.25, -0.2) is 4.39 Å². The molecule has 3 nitrogen and oxygen atoms in total. The standard InChI is InChI=1S/C17H25FN2O/c1-3-20(4-2)17(21)15-9-7-11-19(13-15)12-14-8-5-6-10-16(14)18/h5-6,8,10,15H,3-4,7,9,11-13H2,1-2H3/p+1/t15-/m1/s1. The molecular formula is C17H26FN2O+. The summed E-state index contributed by atoms with van der Waals surface area (Å²) < 4.78 is 13.7. The maximum absolute atomic E-state index is 13.7. The van der Waals surface area contributed by atoms with E-state index in [0.29, 0.717) is 6.54 Å². The first-order valence-corrected chi connectivity index (χ1v) is 8.01. The van der Waals surface area contributed by atoms with Crippen LogP contribution in [0.4, 0.5) is 4.39 Å². The van der Waals surface area contributed by atoms with Gasteiger partial charge in [0.15, 0.2) is 0 Å². The number of amides is 1. The molecule has 21 heavy (non-hydrogen) atoms. The van der Waals surface area contributed by atoms with Crippen molar-refractivity contribution in [3.8, 4) is 0 Å². The fourth-order valence-corrected chi connectivity index (χ4v) is 3.23. The van der Waals surface area contributed by atoms with Crippen LogP contribution in [0.15, 0.2) is 24.3 Å². The first-order valence-electron chi connectivity index (χ1n) is 8.01. The number of quaternary nitrogens is 1. The maximum Gasteiger partial charge on any atom is 0.231 e. The molecule has 1 aliphatic rings. The van der Waals surface area contributed by atoms with Gasteiger partial charge in [0.2, 0.25) is 5.91 Å². The predicted molar refractivity (Wildman–Crippen MR) is 81.5 cm³/mol. The van der Waals surface area contributed by atoms with Crippen LogP contribution in [0, 0.1) is 11.7 Å². The molecule has 1 unspecified atom stereocenters. The van der Waals surface area contributed by atoms with Gasteiger partial charge in [-0.3, -0.25) is 4.79 Å². The average Bonchev–Trinajstić information content (AvgIpc) is 2.51. The molecule has 1 heterocycles. The number of hydrogen-bond acceptors (Lipinski definition) is 1. The molecule has 2 rings (SSSR count). The molecule has 4 heteroatoms. The van der Waals surface area contributed by atoms with Crippen LogP contribution in [-0.4, -0.2) is 37.0 Å². The lowest BCUT2D eigenvalue weighted by Crippen LogP contribution is -3.12. The zero-order valence-electron chi connectivity index (χ0n) is 13.1. The summed E-state index contributed by atoms with van der Waals surface area (Å²) in [5, 5.41) is 0. The molecule has 2 atom stereocenters. The van der Waals surface area contributed by atoms with Gasteiger partial charge in [-0.15, -0.1) is 0 Å². The molecule has 0 aliphatic carbocycles. The van der Waals surface area contributed by atoms with Crippen molar-refractivity contribution in [3.63, 3.8) is 0 Å². The summed E-state index contributed by atoms with van der Waals surface area (Å²) in [6.07, 6.45) is 2.01. The molecular weight excluding hydrogens is 267 g/mol. The third-order valence-electron chi connectivity index (χ3n) is 4.44. The van der Waals surface area contributed by atoms with E-state index in [1.807, 2.05) is 30.9 Å². The van der Waals surface area contributed by atoms with Crippen molar-refractivity contribution in [3.05, 3.63) is 35.6 Å². The highest BCUT2D eigenvalue weighted by molar-refractivity contribution is 5.78. The maximum atomic E-state index is 13.7. The van der Waals surface area contributed by atoms with Crippen molar-refractivity contribution in [1.82, 2.24) is 4.90 Å². The second-order valence-corrected chi connectivity index (χ2v) is 5.82. The fourth-order valence-electron chi connectivity index (χ4n) is 3.23. The Morgan fingerprint density at radius 2 is 2.05 bits per heavy atom. The molecule has 0 spiro atoms. The molecule has 1 aromatic rings. The van der Waals surface area contributed by atoms with E-state index in [1.165, 1.54) is 11.0 Å². The van der Waals surface area contributed by atoms with Gasteiger partial charge in [-0.2, -0.15) is 0 Å². The molecule has 0 radical (unpaired) electrons. The van der Waals surface area contributed by atoms with E-state index in [2.05, 4.69) is 0 Å². The number of hydrogen-bond donors (Lipinski definition) is 1. The Morgan fingerprint density at radius 1 is 1.33 bits per heavy atom. The number of likely N-dealkylation sites (tertiary alicyclic amines) is 1. The summed E-state index contributed by atoms with van der Waals surface area (Å²) in [6, 6.07) is 6.95. The summed E-state index contributed by atoms with van der Waals surface area (Å²) in [6.45, 7) is 8.11. The first-order chi connectivity index (χ1) is 10.2. The van der Waals surface area contributed by atoms with Gasteiger partial charge in [-0.1, -0.05) is 18.2 Å². The Balaban J connectivity index is 1.98. The Bertz CT molecular complexity index is 474. The quantitative estimate of drug-likeness (QED) is 0.874. The predicted octanol–water partition coefficient (Wildman–Crippen LogP) is 1.49. The lowest BCUT2D eigenvalue weighted by molar-refractivity contribution is -0.921. The normalized spacial score (nSPS) is 22.0. The highest BCUT2D eigenvalue weighted by Gasteiger charge is 2.31. The van der Waals surface area contributed by atoms with E-state index < -0.39 is 0 Å². The number of piperidine rings is 1. The third kappa shape index (κ3) is 4.03. The zero-order chi connectivity index (χ0) is 15.2. The van der Waals surface area contributed by atoms with Gasteiger partial charge < -0.3 is 9.80 Å². The molecule has 1 amide bonds. The third-order valence-corrected chi connectivity index (χ3v) is 4.44. The minimum Gasteiger partial charge on any atom is -0.343 e. The monoisotopic (exact) mass is 293 g/mol. The van der Waals surface area contributed by atoms with Crippen LogP contribution in [0.1, 0.15) is 32.3 Å². The minimum absolute atomic E-state index is 0.0976. The van der Waals surface area contributed by atoms with Crippen LogP contribution in [0.5, 0.6) is 0 Å². The summed E-state index contributed by atoms with van der Waals surface area (Å²) in [5.74, 6) is 0.230. The number of carbonyl (C=O) groups excluding carboxylic acids is 1. The number of halogens is 1. The van der Waals surface area contributed by atoms with Gasteiger partial charge in [-0.05, 0) is 32.8 Å². The number of rotatable bonds is 5. The minimum atomic E-state index is -0.137. The molecule has 0 bridgehead atoms. The van der Waals surface area contributed by atoms with E-state index in [4.69, 9.17) is 0 Å². The van der Waals surface area contributed by atoms with E-state index in [1.54, 1.807) is 6.07 Å². The van der Waals surface area contributed by atoms with Crippen molar-refractivity contribution in [2.75, 3.05) is 26.2 Å². The van der Waals surface area contributed by atoms with E-state index in [9.17, 15) is 9.18 Å². The van der Waals surface area contributed by atoms with Gasteiger partial charge in [0, 0.05) is 18.7 Å². The summed E-state index contributed by atoms with van der Waals surface area (Å²) >= 11 is 0. The van der Waals surface area contributed by atoms with Gasteiger partial charge in [0.1, 0.15) is 12.4 Å². The van der Waals surface area contributed by atoms with E-state index >= 15 is 0 Å². The number of nitrogens with zero attached hydrogens (tertiary/aromatic N) is 1. The van der Waals surface area contributed by atoms with Crippen LogP contribution in [0.2, 0.25) is 0 Å². The first kappa shape index (κ1) is 16.0. The zero-order valence-corrected chi connectivity index (χ0v) is 13.1. The molecule has 1 fully saturated rings. The highest BCUT2D eigenvalue weighted by atomic mass is 19.1. The second-order valence-electron chi connectivity index (χ2n) is 5.82. The number of nitrogens with one attached hydrogen (secondary N) is 1. The second kappa shape index (κ2) is 7.55. The van der Waals surface area contributed by atoms with Crippen molar-refractivity contribution in [2.24, 2.45) is 5.92 Å². The van der Waals surface area contributed by atoms with Crippen molar-refractivity contribution < 1.29 is 14.1 Å².